The van der Waals surface area contributed by atoms with E-state index in [-0.39, 0.29) is 11.4 Å². The zero-order chi connectivity index (χ0) is 17.0. The van der Waals surface area contributed by atoms with E-state index >= 15 is 0 Å². The second-order valence-corrected chi connectivity index (χ2v) is 4.70. The Balaban J connectivity index is 1.97. The van der Waals surface area contributed by atoms with Crippen LogP contribution in [0.25, 0.3) is 0 Å². The van der Waals surface area contributed by atoms with E-state index in [4.69, 9.17) is 16.0 Å². The molecule has 0 atom stereocenters. The fourth-order valence-corrected chi connectivity index (χ4v) is 1.84. The van der Waals surface area contributed by atoms with Crippen molar-refractivity contribution < 1.29 is 31.9 Å². The number of carbonyl (C=O) groups is 2. The largest absolute Gasteiger partial charge is 0.457 e. The molecule has 1 aromatic carbocycles. The zero-order valence-electron chi connectivity index (χ0n) is 11.3. The Labute approximate surface area is 133 Å². The molecule has 0 saturated heterocycles. The van der Waals surface area contributed by atoms with E-state index < -0.39 is 35.2 Å². The fourth-order valence-electron chi connectivity index (χ4n) is 1.61. The van der Waals surface area contributed by atoms with E-state index in [1.54, 1.807) is 0 Å². The van der Waals surface area contributed by atoms with Crippen LogP contribution in [0, 0.1) is 0 Å². The minimum Gasteiger partial charge on any atom is -0.457 e. The van der Waals surface area contributed by atoms with Crippen LogP contribution in [0.15, 0.2) is 41.0 Å². The standard InChI is InChI=1S/C14H9ClF3NO4/c15-10-4-3-8(6-9(10)14(16,17)18)19-12(20)7-23-13(21)11-2-1-5-22-11/h1-6H,7H2,(H,19,20). The third-order valence-corrected chi connectivity index (χ3v) is 2.94. The van der Waals surface area contributed by atoms with Crippen molar-refractivity contribution in [3.63, 3.8) is 0 Å². The van der Waals surface area contributed by atoms with Gasteiger partial charge in [0.05, 0.1) is 16.8 Å². The lowest BCUT2D eigenvalue weighted by atomic mass is 10.2. The summed E-state index contributed by atoms with van der Waals surface area (Å²) in [5, 5.41) is 1.69. The van der Waals surface area contributed by atoms with Gasteiger partial charge in [-0.3, -0.25) is 4.79 Å². The summed E-state index contributed by atoms with van der Waals surface area (Å²) in [5.41, 5.74) is -1.20. The fraction of sp³-hybridized carbons (Fsp3) is 0.143. The molecule has 0 aliphatic heterocycles. The molecule has 1 heterocycles. The van der Waals surface area contributed by atoms with Crippen LogP contribution in [0.1, 0.15) is 16.1 Å². The Hall–Kier alpha value is -2.48. The van der Waals surface area contributed by atoms with Crippen LogP contribution in [0.3, 0.4) is 0 Å². The van der Waals surface area contributed by atoms with Crippen LogP contribution in [-0.4, -0.2) is 18.5 Å². The van der Waals surface area contributed by atoms with Gasteiger partial charge in [0.15, 0.2) is 6.61 Å². The van der Waals surface area contributed by atoms with E-state index in [1.807, 2.05) is 0 Å². The van der Waals surface area contributed by atoms with Gasteiger partial charge in [0.1, 0.15) is 0 Å². The molecule has 0 spiro atoms. The molecule has 2 rings (SSSR count). The van der Waals surface area contributed by atoms with Crippen molar-refractivity contribution in [1.82, 2.24) is 0 Å². The van der Waals surface area contributed by atoms with E-state index in [0.29, 0.717) is 6.07 Å². The number of hydrogen-bond donors (Lipinski definition) is 1. The molecule has 1 amide bonds. The summed E-state index contributed by atoms with van der Waals surface area (Å²) in [7, 11) is 0. The first-order valence-corrected chi connectivity index (χ1v) is 6.52. The van der Waals surface area contributed by atoms with Crippen LogP contribution in [0.2, 0.25) is 5.02 Å². The maximum atomic E-state index is 12.7. The average Bonchev–Trinajstić information content (AvgIpc) is 3.00. The zero-order valence-corrected chi connectivity index (χ0v) is 12.1. The number of rotatable bonds is 4. The van der Waals surface area contributed by atoms with Crippen molar-refractivity contribution in [3.05, 3.63) is 52.9 Å². The molecular weight excluding hydrogens is 339 g/mol. The van der Waals surface area contributed by atoms with Crippen molar-refractivity contribution in [3.8, 4) is 0 Å². The van der Waals surface area contributed by atoms with Crippen molar-refractivity contribution in [2.45, 2.75) is 6.18 Å². The van der Waals surface area contributed by atoms with Gasteiger partial charge in [0.25, 0.3) is 5.91 Å². The number of amides is 1. The number of anilines is 1. The Morgan fingerprint density at radius 2 is 2.00 bits per heavy atom. The molecule has 0 radical (unpaired) electrons. The molecule has 0 bridgehead atoms. The first kappa shape index (κ1) is 16.9. The van der Waals surface area contributed by atoms with E-state index in [1.165, 1.54) is 24.5 Å². The van der Waals surface area contributed by atoms with E-state index in [0.717, 1.165) is 6.07 Å². The number of carbonyl (C=O) groups excluding carboxylic acids is 2. The third kappa shape index (κ3) is 4.49. The highest BCUT2D eigenvalue weighted by atomic mass is 35.5. The molecule has 0 unspecified atom stereocenters. The number of ether oxygens (including phenoxy) is 1. The van der Waals surface area contributed by atoms with Crippen LogP contribution in [-0.2, 0) is 15.7 Å². The molecule has 122 valence electrons. The number of nitrogens with one attached hydrogen (secondary N) is 1. The minimum atomic E-state index is -4.65. The first-order chi connectivity index (χ1) is 10.8. The summed E-state index contributed by atoms with van der Waals surface area (Å²) >= 11 is 5.46. The van der Waals surface area contributed by atoms with E-state index in [2.05, 4.69) is 10.1 Å². The first-order valence-electron chi connectivity index (χ1n) is 6.14. The molecular formula is C14H9ClF3NO4. The lowest BCUT2D eigenvalue weighted by Gasteiger charge is -2.11. The maximum absolute atomic E-state index is 12.7. The predicted octanol–water partition coefficient (Wildman–Crippen LogP) is 3.75. The molecule has 5 nitrogen and oxygen atoms in total. The van der Waals surface area contributed by atoms with E-state index in [9.17, 15) is 22.8 Å². The van der Waals surface area contributed by atoms with Gasteiger partial charge in [0.2, 0.25) is 5.76 Å². The number of benzene rings is 1. The summed E-state index contributed by atoms with van der Waals surface area (Å²) in [6.07, 6.45) is -3.40. The highest BCUT2D eigenvalue weighted by molar-refractivity contribution is 6.31. The van der Waals surface area contributed by atoms with Gasteiger partial charge in [-0.15, -0.1) is 0 Å². The number of halogens is 4. The summed E-state index contributed by atoms with van der Waals surface area (Å²) in [6.45, 7) is -0.677. The third-order valence-electron chi connectivity index (χ3n) is 2.61. The highest BCUT2D eigenvalue weighted by Crippen LogP contribution is 2.36. The number of esters is 1. The monoisotopic (exact) mass is 347 g/mol. The average molecular weight is 348 g/mol. The minimum absolute atomic E-state index is 0.0938. The Bertz CT molecular complexity index is 713. The number of furan rings is 1. The van der Waals surface area contributed by atoms with Crippen LogP contribution >= 0.6 is 11.6 Å². The Morgan fingerprint density at radius 3 is 2.61 bits per heavy atom. The molecule has 23 heavy (non-hydrogen) atoms. The lowest BCUT2D eigenvalue weighted by molar-refractivity contribution is -0.137. The van der Waals surface area contributed by atoms with Gasteiger partial charge < -0.3 is 14.5 Å². The molecule has 1 aromatic heterocycles. The van der Waals surface area contributed by atoms with Gasteiger partial charge in [-0.2, -0.15) is 13.2 Å². The number of hydrogen-bond acceptors (Lipinski definition) is 4. The molecule has 1 N–H and O–H groups in total. The van der Waals surface area contributed by atoms with Gasteiger partial charge in [-0.1, -0.05) is 11.6 Å². The smallest absolute Gasteiger partial charge is 0.417 e. The second-order valence-electron chi connectivity index (χ2n) is 4.29. The van der Waals surface area contributed by atoms with Crippen LogP contribution < -0.4 is 5.32 Å². The highest BCUT2D eigenvalue weighted by Gasteiger charge is 2.33. The molecule has 0 aliphatic rings. The summed E-state index contributed by atoms with van der Waals surface area (Å²) in [6, 6.07) is 5.70. The molecule has 2 aromatic rings. The van der Waals surface area contributed by atoms with Gasteiger partial charge in [-0.25, -0.2) is 4.79 Å². The van der Waals surface area contributed by atoms with Crippen LogP contribution in [0.5, 0.6) is 0 Å². The summed E-state index contributed by atoms with van der Waals surface area (Å²) in [4.78, 5) is 23.0. The maximum Gasteiger partial charge on any atom is 0.417 e. The lowest BCUT2D eigenvalue weighted by Crippen LogP contribution is -2.21. The van der Waals surface area contributed by atoms with Gasteiger partial charge in [-0.05, 0) is 30.3 Å². The topological polar surface area (TPSA) is 68.5 Å². The molecule has 0 aliphatic carbocycles. The molecule has 0 saturated carbocycles. The van der Waals surface area contributed by atoms with Crippen molar-refractivity contribution >= 4 is 29.2 Å². The number of alkyl halides is 3. The van der Waals surface area contributed by atoms with Crippen LogP contribution in [0.4, 0.5) is 18.9 Å². The van der Waals surface area contributed by atoms with Crippen molar-refractivity contribution in [1.29, 1.82) is 0 Å². The van der Waals surface area contributed by atoms with Crippen molar-refractivity contribution in [2.75, 3.05) is 11.9 Å². The SMILES string of the molecule is O=C(COC(=O)c1ccco1)Nc1ccc(Cl)c(C(F)(F)F)c1. The second kappa shape index (κ2) is 6.74. The van der Waals surface area contributed by atoms with Gasteiger partial charge in [0, 0.05) is 5.69 Å². The quantitative estimate of drug-likeness (QED) is 0.855. The van der Waals surface area contributed by atoms with Crippen molar-refractivity contribution in [2.24, 2.45) is 0 Å². The Kier molecular flexibility index (Phi) is 4.95. The molecule has 9 heteroatoms. The van der Waals surface area contributed by atoms with Gasteiger partial charge >= 0.3 is 12.1 Å². The predicted molar refractivity (Wildman–Crippen MR) is 74.1 cm³/mol. The molecule has 0 fully saturated rings. The normalized spacial score (nSPS) is 11.1. The summed E-state index contributed by atoms with van der Waals surface area (Å²) < 4.78 is 47.5. The Morgan fingerprint density at radius 1 is 1.26 bits per heavy atom. The summed E-state index contributed by atoms with van der Waals surface area (Å²) in [5.74, 6) is -1.76.